The molecule has 1 atom stereocenters. The highest BCUT2D eigenvalue weighted by atomic mass is 15.3. The molecule has 1 N–H and O–H groups in total. The zero-order chi connectivity index (χ0) is 14.2. The van der Waals surface area contributed by atoms with E-state index in [0.29, 0.717) is 0 Å². The molecular weight excluding hydrogens is 234 g/mol. The van der Waals surface area contributed by atoms with Gasteiger partial charge in [-0.2, -0.15) is 5.10 Å². The van der Waals surface area contributed by atoms with E-state index in [1.165, 1.54) is 27.9 Å². The van der Waals surface area contributed by atoms with Gasteiger partial charge >= 0.3 is 0 Å². The van der Waals surface area contributed by atoms with Crippen LogP contribution in [0.4, 0.5) is 0 Å². The fraction of sp³-hybridized carbons (Fsp3) is 0.438. The van der Waals surface area contributed by atoms with Gasteiger partial charge in [-0.3, -0.25) is 4.68 Å². The predicted molar refractivity (Wildman–Crippen MR) is 79.5 cm³/mol. The summed E-state index contributed by atoms with van der Waals surface area (Å²) >= 11 is 0. The summed E-state index contributed by atoms with van der Waals surface area (Å²) in [5.74, 6) is 0. The molecule has 1 aromatic carbocycles. The van der Waals surface area contributed by atoms with Crippen molar-refractivity contribution in [3.63, 3.8) is 0 Å². The van der Waals surface area contributed by atoms with E-state index >= 15 is 0 Å². The molecule has 3 nitrogen and oxygen atoms in total. The molecule has 0 amide bonds. The molecule has 0 saturated carbocycles. The Balaban J connectivity index is 2.60. The van der Waals surface area contributed by atoms with Crippen LogP contribution in [0.1, 0.15) is 39.7 Å². The van der Waals surface area contributed by atoms with Crippen molar-refractivity contribution >= 4 is 0 Å². The van der Waals surface area contributed by atoms with Gasteiger partial charge in [0.05, 0.1) is 11.7 Å². The predicted octanol–water partition coefficient (Wildman–Crippen LogP) is 2.96. The molecule has 0 spiro atoms. The highest BCUT2D eigenvalue weighted by Gasteiger charge is 2.21. The van der Waals surface area contributed by atoms with E-state index in [4.69, 9.17) is 0 Å². The van der Waals surface area contributed by atoms with Gasteiger partial charge in [-0.1, -0.05) is 18.2 Å². The molecule has 1 heterocycles. The highest BCUT2D eigenvalue weighted by Crippen LogP contribution is 2.30. The molecule has 0 aliphatic rings. The molecule has 0 saturated heterocycles. The highest BCUT2D eigenvalue weighted by molar-refractivity contribution is 5.43. The second-order valence-corrected chi connectivity index (χ2v) is 5.22. The van der Waals surface area contributed by atoms with Crippen LogP contribution in [0.2, 0.25) is 0 Å². The number of hydrogen-bond acceptors (Lipinski definition) is 2. The topological polar surface area (TPSA) is 29.9 Å². The second-order valence-electron chi connectivity index (χ2n) is 5.22. The van der Waals surface area contributed by atoms with Crippen LogP contribution in [0, 0.1) is 27.7 Å². The maximum Gasteiger partial charge on any atom is 0.0647 e. The standard InChI is InChI=1S/C16H23N3/c1-10-8-7-9-14(11(10)2)16(17-5)15-12(3)18-19(6)13(15)4/h7-9,16-17H,1-6H3. The first kappa shape index (κ1) is 13.8. The van der Waals surface area contributed by atoms with Gasteiger partial charge in [0.1, 0.15) is 0 Å². The van der Waals surface area contributed by atoms with Gasteiger partial charge in [-0.25, -0.2) is 0 Å². The number of rotatable bonds is 3. The maximum absolute atomic E-state index is 4.53. The van der Waals surface area contributed by atoms with E-state index in [0.717, 1.165) is 5.69 Å². The molecule has 2 aromatic rings. The fourth-order valence-corrected chi connectivity index (χ4v) is 2.75. The molecule has 1 unspecified atom stereocenters. The Morgan fingerprint density at radius 2 is 1.84 bits per heavy atom. The number of benzene rings is 1. The van der Waals surface area contributed by atoms with Crippen molar-refractivity contribution in [3.8, 4) is 0 Å². The van der Waals surface area contributed by atoms with Crippen molar-refractivity contribution in [2.45, 2.75) is 33.7 Å². The van der Waals surface area contributed by atoms with Crippen LogP contribution in [-0.2, 0) is 7.05 Å². The molecule has 1 aromatic heterocycles. The van der Waals surface area contributed by atoms with Crippen molar-refractivity contribution in [3.05, 3.63) is 51.8 Å². The molecule has 102 valence electrons. The first-order valence-electron chi connectivity index (χ1n) is 6.70. The maximum atomic E-state index is 4.53. The van der Waals surface area contributed by atoms with Crippen LogP contribution in [0.15, 0.2) is 18.2 Å². The normalized spacial score (nSPS) is 12.7. The Morgan fingerprint density at radius 3 is 2.37 bits per heavy atom. The van der Waals surface area contributed by atoms with Crippen LogP contribution < -0.4 is 5.32 Å². The van der Waals surface area contributed by atoms with Crippen LogP contribution in [-0.4, -0.2) is 16.8 Å². The first-order valence-corrected chi connectivity index (χ1v) is 6.70. The van der Waals surface area contributed by atoms with Crippen LogP contribution in [0.3, 0.4) is 0 Å². The fourth-order valence-electron chi connectivity index (χ4n) is 2.75. The summed E-state index contributed by atoms with van der Waals surface area (Å²) in [5.41, 5.74) is 7.62. The lowest BCUT2D eigenvalue weighted by molar-refractivity contribution is 0.673. The van der Waals surface area contributed by atoms with Crippen LogP contribution >= 0.6 is 0 Å². The Bertz CT molecular complexity index is 596. The van der Waals surface area contributed by atoms with Crippen molar-refractivity contribution in [1.82, 2.24) is 15.1 Å². The molecule has 0 aliphatic carbocycles. The lowest BCUT2D eigenvalue weighted by Crippen LogP contribution is -2.20. The Hall–Kier alpha value is -1.61. The summed E-state index contributed by atoms with van der Waals surface area (Å²) in [6.45, 7) is 8.56. The molecule has 3 heteroatoms. The summed E-state index contributed by atoms with van der Waals surface area (Å²) < 4.78 is 1.96. The van der Waals surface area contributed by atoms with Crippen molar-refractivity contribution in [2.24, 2.45) is 7.05 Å². The summed E-state index contributed by atoms with van der Waals surface area (Å²) in [4.78, 5) is 0. The monoisotopic (exact) mass is 257 g/mol. The smallest absolute Gasteiger partial charge is 0.0647 e. The minimum absolute atomic E-state index is 0.202. The molecule has 0 aliphatic heterocycles. The third-order valence-corrected chi connectivity index (χ3v) is 4.10. The van der Waals surface area contributed by atoms with Crippen LogP contribution in [0.25, 0.3) is 0 Å². The molecular formula is C16H23N3. The minimum Gasteiger partial charge on any atom is -0.309 e. The quantitative estimate of drug-likeness (QED) is 0.916. The second kappa shape index (κ2) is 5.17. The van der Waals surface area contributed by atoms with Gasteiger partial charge in [0.25, 0.3) is 0 Å². The van der Waals surface area contributed by atoms with Gasteiger partial charge in [0.15, 0.2) is 0 Å². The Kier molecular flexibility index (Phi) is 3.76. The molecule has 0 bridgehead atoms. The van der Waals surface area contributed by atoms with Gasteiger partial charge in [0, 0.05) is 18.3 Å². The van der Waals surface area contributed by atoms with E-state index in [1.807, 2.05) is 18.8 Å². The summed E-state index contributed by atoms with van der Waals surface area (Å²) in [6, 6.07) is 6.70. The van der Waals surface area contributed by atoms with E-state index in [2.05, 4.69) is 56.3 Å². The molecule has 2 rings (SSSR count). The van der Waals surface area contributed by atoms with Crippen molar-refractivity contribution in [1.29, 1.82) is 0 Å². The van der Waals surface area contributed by atoms with Crippen molar-refractivity contribution in [2.75, 3.05) is 7.05 Å². The largest absolute Gasteiger partial charge is 0.309 e. The average molecular weight is 257 g/mol. The van der Waals surface area contributed by atoms with Crippen LogP contribution in [0.5, 0.6) is 0 Å². The first-order chi connectivity index (χ1) is 8.97. The third-order valence-electron chi connectivity index (χ3n) is 4.10. The molecule has 0 radical (unpaired) electrons. The van der Waals surface area contributed by atoms with Crippen molar-refractivity contribution < 1.29 is 0 Å². The Labute approximate surface area is 115 Å². The van der Waals surface area contributed by atoms with E-state index < -0.39 is 0 Å². The average Bonchev–Trinajstić information content (AvgIpc) is 2.62. The number of hydrogen-bond donors (Lipinski definition) is 1. The summed E-state index contributed by atoms with van der Waals surface area (Å²) in [7, 11) is 4.01. The van der Waals surface area contributed by atoms with E-state index in [1.54, 1.807) is 0 Å². The zero-order valence-electron chi connectivity index (χ0n) is 12.7. The van der Waals surface area contributed by atoms with Gasteiger partial charge in [-0.15, -0.1) is 0 Å². The number of aromatic nitrogens is 2. The lowest BCUT2D eigenvalue weighted by atomic mass is 9.92. The molecule has 19 heavy (non-hydrogen) atoms. The summed E-state index contributed by atoms with van der Waals surface area (Å²) in [5, 5.41) is 7.98. The van der Waals surface area contributed by atoms with Gasteiger partial charge in [-0.05, 0) is 51.4 Å². The lowest BCUT2D eigenvalue weighted by Gasteiger charge is -2.21. The SMILES string of the molecule is CNC(c1cccc(C)c1C)c1c(C)nn(C)c1C. The zero-order valence-corrected chi connectivity index (χ0v) is 12.7. The van der Waals surface area contributed by atoms with Gasteiger partial charge < -0.3 is 5.32 Å². The third kappa shape index (κ3) is 2.30. The number of nitrogens with zero attached hydrogens (tertiary/aromatic N) is 2. The van der Waals surface area contributed by atoms with E-state index in [9.17, 15) is 0 Å². The summed E-state index contributed by atoms with van der Waals surface area (Å²) in [6.07, 6.45) is 0. The number of aryl methyl sites for hydroxylation is 3. The Morgan fingerprint density at radius 1 is 1.16 bits per heavy atom. The van der Waals surface area contributed by atoms with Gasteiger partial charge in [0.2, 0.25) is 0 Å². The number of nitrogens with one attached hydrogen (secondary N) is 1. The molecule has 0 fully saturated rings. The minimum atomic E-state index is 0.202. The van der Waals surface area contributed by atoms with E-state index in [-0.39, 0.29) is 6.04 Å².